The van der Waals surface area contributed by atoms with Crippen LogP contribution >= 0.6 is 11.3 Å². The van der Waals surface area contributed by atoms with Crippen molar-refractivity contribution in [3.63, 3.8) is 0 Å². The number of thiophene rings is 1. The van der Waals surface area contributed by atoms with Crippen molar-refractivity contribution in [1.29, 1.82) is 0 Å². The van der Waals surface area contributed by atoms with Crippen molar-refractivity contribution in [2.75, 3.05) is 0 Å². The molecule has 1 aliphatic rings. The molecule has 0 radical (unpaired) electrons. The predicted octanol–water partition coefficient (Wildman–Crippen LogP) is 2.58. The van der Waals surface area contributed by atoms with Crippen LogP contribution in [0.4, 0.5) is 0 Å². The number of hydrogen-bond acceptors (Lipinski definition) is 3. The minimum atomic E-state index is -0.833. The highest BCUT2D eigenvalue weighted by Crippen LogP contribution is 2.32. The summed E-state index contributed by atoms with van der Waals surface area (Å²) in [5.74, 6) is -0.866. The van der Waals surface area contributed by atoms with E-state index >= 15 is 0 Å². The van der Waals surface area contributed by atoms with Gasteiger partial charge in [-0.3, -0.25) is 9.59 Å². The molecule has 1 amide bonds. The molecule has 4 nitrogen and oxygen atoms in total. The number of amides is 1. The Hall–Kier alpha value is -1.36. The molecule has 2 N–H and O–H groups in total. The van der Waals surface area contributed by atoms with Crippen molar-refractivity contribution in [2.24, 2.45) is 0 Å². The SMILES string of the molecule is O=C(O)CC1(NC(=O)CCc2ccsc2)CCCC1. The van der Waals surface area contributed by atoms with Crippen molar-refractivity contribution in [2.45, 2.75) is 50.5 Å². The quantitative estimate of drug-likeness (QED) is 0.842. The Morgan fingerprint density at radius 1 is 1.37 bits per heavy atom. The molecule has 0 aliphatic heterocycles. The third-order valence-electron chi connectivity index (χ3n) is 3.68. The van der Waals surface area contributed by atoms with Gasteiger partial charge in [0, 0.05) is 6.42 Å². The lowest BCUT2D eigenvalue weighted by molar-refractivity contribution is -0.139. The van der Waals surface area contributed by atoms with E-state index in [0.717, 1.165) is 32.1 Å². The summed E-state index contributed by atoms with van der Waals surface area (Å²) in [6.45, 7) is 0. The lowest BCUT2D eigenvalue weighted by Gasteiger charge is -2.28. The lowest BCUT2D eigenvalue weighted by atomic mass is 9.93. The number of carbonyl (C=O) groups is 2. The molecule has 0 atom stereocenters. The number of carboxylic acid groups (broad SMARTS) is 1. The van der Waals surface area contributed by atoms with Crippen LogP contribution < -0.4 is 5.32 Å². The first kappa shape index (κ1) is 14.1. The third-order valence-corrected chi connectivity index (χ3v) is 4.41. The van der Waals surface area contributed by atoms with Gasteiger partial charge in [-0.25, -0.2) is 0 Å². The zero-order chi connectivity index (χ0) is 13.7. The first-order valence-electron chi connectivity index (χ1n) is 6.64. The van der Waals surface area contributed by atoms with Crippen LogP contribution in [0.3, 0.4) is 0 Å². The molecule has 0 bridgehead atoms. The largest absolute Gasteiger partial charge is 0.481 e. The van der Waals surface area contributed by atoms with Gasteiger partial charge >= 0.3 is 5.97 Å². The van der Waals surface area contributed by atoms with E-state index in [1.165, 1.54) is 5.56 Å². The number of carboxylic acids is 1. The van der Waals surface area contributed by atoms with Gasteiger partial charge in [0.05, 0.1) is 12.0 Å². The van der Waals surface area contributed by atoms with E-state index in [4.69, 9.17) is 5.11 Å². The van der Waals surface area contributed by atoms with Crippen LogP contribution in [-0.4, -0.2) is 22.5 Å². The van der Waals surface area contributed by atoms with Crippen molar-refractivity contribution in [1.82, 2.24) is 5.32 Å². The Kier molecular flexibility index (Phi) is 4.58. The number of carbonyl (C=O) groups excluding carboxylic acids is 1. The molecule has 1 fully saturated rings. The molecular formula is C14H19NO3S. The summed E-state index contributed by atoms with van der Waals surface area (Å²) in [4.78, 5) is 22.9. The number of hydrogen-bond donors (Lipinski definition) is 2. The molecule has 1 aromatic rings. The summed E-state index contributed by atoms with van der Waals surface area (Å²) in [5.41, 5.74) is 0.663. The number of nitrogens with one attached hydrogen (secondary N) is 1. The zero-order valence-corrected chi connectivity index (χ0v) is 11.7. The minimum absolute atomic E-state index is 0.0330. The minimum Gasteiger partial charge on any atom is -0.481 e. The Balaban J connectivity index is 1.86. The molecule has 1 saturated carbocycles. The Bertz CT molecular complexity index is 436. The topological polar surface area (TPSA) is 66.4 Å². The Labute approximate surface area is 116 Å². The van der Waals surface area contributed by atoms with Crippen LogP contribution in [0.5, 0.6) is 0 Å². The van der Waals surface area contributed by atoms with Gasteiger partial charge in [0.25, 0.3) is 0 Å². The van der Waals surface area contributed by atoms with Gasteiger partial charge in [0.2, 0.25) is 5.91 Å². The van der Waals surface area contributed by atoms with Crippen molar-refractivity contribution >= 4 is 23.2 Å². The predicted molar refractivity (Wildman–Crippen MR) is 74.2 cm³/mol. The van der Waals surface area contributed by atoms with Crippen LogP contribution in [0.1, 0.15) is 44.1 Å². The van der Waals surface area contributed by atoms with E-state index in [-0.39, 0.29) is 12.3 Å². The maximum atomic E-state index is 12.0. The van der Waals surface area contributed by atoms with E-state index < -0.39 is 11.5 Å². The molecule has 19 heavy (non-hydrogen) atoms. The van der Waals surface area contributed by atoms with Crippen LogP contribution in [0.15, 0.2) is 16.8 Å². The summed E-state index contributed by atoms with van der Waals surface area (Å²) in [5, 5.41) is 16.0. The second-order valence-electron chi connectivity index (χ2n) is 5.24. The normalized spacial score (nSPS) is 17.3. The molecule has 1 aliphatic carbocycles. The fraction of sp³-hybridized carbons (Fsp3) is 0.571. The van der Waals surface area contributed by atoms with E-state index in [9.17, 15) is 9.59 Å². The zero-order valence-electron chi connectivity index (χ0n) is 10.9. The maximum absolute atomic E-state index is 12.0. The van der Waals surface area contributed by atoms with E-state index in [1.807, 2.05) is 16.8 Å². The summed E-state index contributed by atoms with van der Waals surface area (Å²) in [6, 6.07) is 2.01. The summed E-state index contributed by atoms with van der Waals surface area (Å²) in [7, 11) is 0. The lowest BCUT2D eigenvalue weighted by Crippen LogP contribution is -2.47. The molecule has 0 unspecified atom stereocenters. The second kappa shape index (κ2) is 6.19. The van der Waals surface area contributed by atoms with Crippen molar-refractivity contribution in [3.05, 3.63) is 22.4 Å². The van der Waals surface area contributed by atoms with Gasteiger partial charge in [0.15, 0.2) is 0 Å². The summed E-state index contributed by atoms with van der Waals surface area (Å²) >= 11 is 1.62. The average Bonchev–Trinajstić information content (AvgIpc) is 2.97. The van der Waals surface area contributed by atoms with Crippen LogP contribution in [0.25, 0.3) is 0 Å². The van der Waals surface area contributed by atoms with Crippen molar-refractivity contribution in [3.8, 4) is 0 Å². The molecular weight excluding hydrogens is 262 g/mol. The molecule has 0 saturated heterocycles. The smallest absolute Gasteiger partial charge is 0.305 e. The van der Waals surface area contributed by atoms with E-state index in [2.05, 4.69) is 5.32 Å². The Morgan fingerprint density at radius 3 is 2.68 bits per heavy atom. The molecule has 0 aromatic carbocycles. The summed E-state index contributed by atoms with van der Waals surface area (Å²) < 4.78 is 0. The molecule has 2 rings (SSSR count). The van der Waals surface area contributed by atoms with E-state index in [1.54, 1.807) is 11.3 Å². The maximum Gasteiger partial charge on any atom is 0.305 e. The highest BCUT2D eigenvalue weighted by atomic mass is 32.1. The van der Waals surface area contributed by atoms with Gasteiger partial charge in [0.1, 0.15) is 0 Å². The van der Waals surface area contributed by atoms with E-state index in [0.29, 0.717) is 6.42 Å². The first-order valence-corrected chi connectivity index (χ1v) is 7.58. The molecule has 0 spiro atoms. The number of aliphatic carboxylic acids is 1. The highest BCUT2D eigenvalue weighted by molar-refractivity contribution is 7.07. The fourth-order valence-corrected chi connectivity index (χ4v) is 3.44. The average molecular weight is 281 g/mol. The van der Waals surface area contributed by atoms with Gasteiger partial charge in [-0.1, -0.05) is 12.8 Å². The van der Waals surface area contributed by atoms with Gasteiger partial charge in [-0.05, 0) is 41.7 Å². The fourth-order valence-electron chi connectivity index (χ4n) is 2.74. The van der Waals surface area contributed by atoms with Crippen molar-refractivity contribution < 1.29 is 14.7 Å². The molecule has 104 valence electrons. The standard InChI is InChI=1S/C14H19NO3S/c16-12(4-3-11-5-8-19-10-11)15-14(9-13(17)18)6-1-2-7-14/h5,8,10H,1-4,6-7,9H2,(H,15,16)(H,17,18). The molecule has 5 heteroatoms. The van der Waals surface area contributed by atoms with Crippen LogP contribution in [0, 0.1) is 0 Å². The number of rotatable bonds is 6. The monoisotopic (exact) mass is 281 g/mol. The molecule has 1 aromatic heterocycles. The first-order chi connectivity index (χ1) is 9.10. The number of aryl methyl sites for hydroxylation is 1. The highest BCUT2D eigenvalue weighted by Gasteiger charge is 2.37. The van der Waals surface area contributed by atoms with Crippen LogP contribution in [0.2, 0.25) is 0 Å². The molecule has 1 heterocycles. The third kappa shape index (κ3) is 4.06. The van der Waals surface area contributed by atoms with Crippen LogP contribution in [-0.2, 0) is 16.0 Å². The summed E-state index contributed by atoms with van der Waals surface area (Å²) in [6.07, 6.45) is 4.75. The van der Waals surface area contributed by atoms with Gasteiger partial charge in [-0.15, -0.1) is 0 Å². The Morgan fingerprint density at radius 2 is 2.11 bits per heavy atom. The second-order valence-corrected chi connectivity index (χ2v) is 6.02. The van der Waals surface area contributed by atoms with Gasteiger partial charge < -0.3 is 10.4 Å². The van der Waals surface area contributed by atoms with Gasteiger partial charge in [-0.2, -0.15) is 11.3 Å².